The van der Waals surface area contributed by atoms with Crippen molar-refractivity contribution < 1.29 is 49.3 Å². The largest absolute Gasteiger partial charge is 0.508 e. The van der Waals surface area contributed by atoms with Crippen LogP contribution in [0.4, 0.5) is 0 Å². The molecule has 32 heavy (non-hydrogen) atoms. The molecule has 2 aromatic carbocycles. The molecule has 0 amide bonds. The molecule has 0 bridgehead atoms. The Morgan fingerprint density at radius 3 is 2.53 bits per heavy atom. The first-order chi connectivity index (χ1) is 15.3. The molecule has 2 aromatic rings. The summed E-state index contributed by atoms with van der Waals surface area (Å²) in [6.07, 6.45) is -5.63. The van der Waals surface area contributed by atoms with Crippen LogP contribution >= 0.6 is 0 Å². The third-order valence-corrected chi connectivity index (χ3v) is 5.23. The van der Waals surface area contributed by atoms with Crippen LogP contribution in [0, 0.1) is 0 Å². The summed E-state index contributed by atoms with van der Waals surface area (Å²) in [6, 6.07) is 8.90. The quantitative estimate of drug-likeness (QED) is 0.402. The highest BCUT2D eigenvalue weighted by atomic mass is 16.7. The van der Waals surface area contributed by atoms with Crippen LogP contribution in [0.5, 0.6) is 23.0 Å². The van der Waals surface area contributed by atoms with Gasteiger partial charge in [-0.05, 0) is 35.9 Å². The third kappa shape index (κ3) is 4.01. The fourth-order valence-corrected chi connectivity index (χ4v) is 3.49. The fourth-order valence-electron chi connectivity index (χ4n) is 3.49. The van der Waals surface area contributed by atoms with Crippen molar-refractivity contribution in [1.82, 2.24) is 0 Å². The number of aromatic hydroxyl groups is 1. The Bertz CT molecular complexity index is 1050. The maximum Gasteiger partial charge on any atom is 0.231 e. The summed E-state index contributed by atoms with van der Waals surface area (Å²) in [5.74, 6) is 0.364. The normalized spacial score (nSPS) is 28.3. The third-order valence-electron chi connectivity index (χ3n) is 5.23. The number of benzene rings is 2. The molecule has 4 rings (SSSR count). The van der Waals surface area contributed by atoms with Gasteiger partial charge in [-0.25, -0.2) is 0 Å². The number of aliphatic hydroxyl groups is 4. The Labute approximate surface area is 182 Å². The van der Waals surface area contributed by atoms with Crippen LogP contribution in [0.1, 0.15) is 15.9 Å². The number of carbonyl (C=O) groups excluding carboxylic acids is 1. The van der Waals surface area contributed by atoms with Crippen LogP contribution in [0.25, 0.3) is 6.08 Å². The molecule has 0 unspecified atom stereocenters. The van der Waals surface area contributed by atoms with Gasteiger partial charge >= 0.3 is 0 Å². The van der Waals surface area contributed by atoms with Crippen molar-refractivity contribution in [3.05, 3.63) is 53.3 Å². The number of ether oxygens (including phenoxy) is 4. The van der Waals surface area contributed by atoms with Crippen molar-refractivity contribution >= 4 is 11.9 Å². The van der Waals surface area contributed by atoms with Gasteiger partial charge in [-0.1, -0.05) is 6.07 Å². The molecule has 10 nitrogen and oxygen atoms in total. The number of carbonyl (C=O) groups is 1. The van der Waals surface area contributed by atoms with E-state index in [9.17, 15) is 30.3 Å². The van der Waals surface area contributed by atoms with Crippen molar-refractivity contribution in [2.24, 2.45) is 0 Å². The summed E-state index contributed by atoms with van der Waals surface area (Å²) < 4.78 is 21.8. The van der Waals surface area contributed by atoms with Gasteiger partial charge < -0.3 is 44.5 Å². The summed E-state index contributed by atoms with van der Waals surface area (Å²) in [7, 11) is 1.39. The smallest absolute Gasteiger partial charge is 0.231 e. The van der Waals surface area contributed by atoms with Gasteiger partial charge in [-0.15, -0.1) is 0 Å². The molecule has 5 N–H and O–H groups in total. The second-order valence-electron chi connectivity index (χ2n) is 7.35. The highest BCUT2D eigenvalue weighted by Gasteiger charge is 2.45. The minimum absolute atomic E-state index is 0.0193. The van der Waals surface area contributed by atoms with E-state index in [1.54, 1.807) is 12.1 Å². The number of phenolic OH excluding ortho intramolecular Hbond substituents is 1. The maximum absolute atomic E-state index is 12.5. The highest BCUT2D eigenvalue weighted by Crippen LogP contribution is 2.36. The average Bonchev–Trinajstić information content (AvgIpc) is 3.09. The molecule has 1 fully saturated rings. The number of phenols is 1. The van der Waals surface area contributed by atoms with Gasteiger partial charge in [0.05, 0.1) is 19.3 Å². The van der Waals surface area contributed by atoms with Crippen molar-refractivity contribution in [2.45, 2.75) is 30.7 Å². The van der Waals surface area contributed by atoms with Gasteiger partial charge in [0, 0.05) is 6.07 Å². The van der Waals surface area contributed by atoms with E-state index in [0.29, 0.717) is 11.1 Å². The molecule has 170 valence electrons. The number of Topliss-reactive ketones (excluding diaryl/α,β-unsaturated/α-hetero) is 1. The van der Waals surface area contributed by atoms with E-state index < -0.39 is 37.3 Å². The maximum atomic E-state index is 12.5. The molecular weight excluding hydrogens is 424 g/mol. The zero-order valence-electron chi connectivity index (χ0n) is 16.9. The summed E-state index contributed by atoms with van der Waals surface area (Å²) in [5.41, 5.74) is 0.881. The fraction of sp³-hybridized carbons (Fsp3) is 0.318. The van der Waals surface area contributed by atoms with E-state index in [1.165, 1.54) is 37.5 Å². The number of hydrogen-bond donors (Lipinski definition) is 5. The first-order valence-corrected chi connectivity index (χ1v) is 9.75. The average molecular weight is 446 g/mol. The summed E-state index contributed by atoms with van der Waals surface area (Å²) >= 11 is 0. The first kappa shape index (κ1) is 22.1. The lowest BCUT2D eigenvalue weighted by molar-refractivity contribution is -0.277. The predicted molar refractivity (Wildman–Crippen MR) is 108 cm³/mol. The van der Waals surface area contributed by atoms with E-state index in [2.05, 4.69) is 0 Å². The molecular formula is C22H22O10. The Morgan fingerprint density at radius 2 is 1.81 bits per heavy atom. The molecule has 1 saturated heterocycles. The number of methoxy groups -OCH3 is 1. The Balaban J connectivity index is 1.55. The van der Waals surface area contributed by atoms with Crippen LogP contribution in [-0.4, -0.2) is 75.7 Å². The van der Waals surface area contributed by atoms with Gasteiger partial charge in [-0.2, -0.15) is 0 Å². The van der Waals surface area contributed by atoms with Gasteiger partial charge in [0.15, 0.2) is 17.3 Å². The zero-order valence-corrected chi connectivity index (χ0v) is 16.9. The van der Waals surface area contributed by atoms with Gasteiger partial charge in [0.1, 0.15) is 35.9 Å². The summed E-state index contributed by atoms with van der Waals surface area (Å²) in [6.45, 7) is -0.581. The van der Waals surface area contributed by atoms with E-state index in [-0.39, 0.29) is 34.5 Å². The molecule has 0 aliphatic carbocycles. The minimum atomic E-state index is -1.58. The van der Waals surface area contributed by atoms with E-state index >= 15 is 0 Å². The standard InChI is InChI=1S/C22H22O10/c1-29-15-6-10(7-16-18(25)12-4-3-11(24)8-14(12)30-16)2-5-13(15)31-22-21(28)20(27)19(26)17(9-23)32-22/h2-8,17,19-24,26-28H,9H2,1H3/t17-,19+,20+,21-,22+/m1/s1. The molecule has 2 aliphatic heterocycles. The lowest BCUT2D eigenvalue weighted by Crippen LogP contribution is -2.60. The molecule has 2 aliphatic rings. The first-order valence-electron chi connectivity index (χ1n) is 9.75. The monoisotopic (exact) mass is 446 g/mol. The Kier molecular flexibility index (Phi) is 6.04. The van der Waals surface area contributed by atoms with Crippen molar-refractivity contribution in [3.63, 3.8) is 0 Å². The summed E-state index contributed by atoms with van der Waals surface area (Å²) in [4.78, 5) is 12.5. The lowest BCUT2D eigenvalue weighted by atomic mass is 9.99. The van der Waals surface area contributed by atoms with Gasteiger partial charge in [0.25, 0.3) is 0 Å². The topological polar surface area (TPSA) is 155 Å². The number of fused-ring (bicyclic) bond motifs is 1. The van der Waals surface area contributed by atoms with Crippen LogP contribution in [0.2, 0.25) is 0 Å². The molecule has 0 aromatic heterocycles. The van der Waals surface area contributed by atoms with Gasteiger partial charge in [0.2, 0.25) is 12.1 Å². The molecule has 2 heterocycles. The number of allylic oxidation sites excluding steroid dienone is 1. The second-order valence-corrected chi connectivity index (χ2v) is 7.35. The zero-order chi connectivity index (χ0) is 23.0. The number of hydrogen-bond acceptors (Lipinski definition) is 10. The van der Waals surface area contributed by atoms with Crippen LogP contribution < -0.4 is 14.2 Å². The molecule has 0 saturated carbocycles. The number of rotatable bonds is 5. The molecule has 10 heteroatoms. The number of ketones is 1. The second kappa shape index (κ2) is 8.77. The van der Waals surface area contributed by atoms with E-state index in [4.69, 9.17) is 18.9 Å². The van der Waals surface area contributed by atoms with Crippen LogP contribution in [-0.2, 0) is 4.74 Å². The SMILES string of the molecule is COc1cc(C=C2Oc3cc(O)ccc3C2=O)ccc1O[C@H]1O[C@H](CO)[C@H](O)[C@H](O)[C@H]1O. The summed E-state index contributed by atoms with van der Waals surface area (Å²) in [5, 5.41) is 48.8. The lowest BCUT2D eigenvalue weighted by Gasteiger charge is -2.39. The Morgan fingerprint density at radius 1 is 1.03 bits per heavy atom. The van der Waals surface area contributed by atoms with Crippen molar-refractivity contribution in [2.75, 3.05) is 13.7 Å². The molecule has 0 spiro atoms. The predicted octanol–water partition coefficient (Wildman–Crippen LogP) is 0.196. The molecule has 5 atom stereocenters. The van der Waals surface area contributed by atoms with E-state index in [0.717, 1.165) is 0 Å². The molecule has 0 radical (unpaired) electrons. The number of aliphatic hydroxyl groups excluding tert-OH is 4. The van der Waals surface area contributed by atoms with Crippen LogP contribution in [0.15, 0.2) is 42.2 Å². The van der Waals surface area contributed by atoms with Crippen LogP contribution in [0.3, 0.4) is 0 Å². The highest BCUT2D eigenvalue weighted by molar-refractivity contribution is 6.14. The van der Waals surface area contributed by atoms with Gasteiger partial charge in [-0.3, -0.25) is 4.79 Å². The van der Waals surface area contributed by atoms with E-state index in [1.807, 2.05) is 0 Å². The minimum Gasteiger partial charge on any atom is -0.508 e. The van der Waals surface area contributed by atoms with Crippen molar-refractivity contribution in [1.29, 1.82) is 0 Å². The van der Waals surface area contributed by atoms with Crippen molar-refractivity contribution in [3.8, 4) is 23.0 Å². The Hall–Kier alpha value is -3.15.